The number of esters is 1. The molecule has 5 N–H and O–H groups in total. The quantitative estimate of drug-likeness (QED) is 0.190. The van der Waals surface area contributed by atoms with Gasteiger partial charge in [-0.2, -0.15) is 0 Å². The minimum Gasteiger partial charge on any atom is -0.458 e. The molecule has 0 amide bonds. The van der Waals surface area contributed by atoms with E-state index in [4.69, 9.17) is 14.2 Å². The fourth-order valence-corrected chi connectivity index (χ4v) is 9.72. The molecular weight excluding hydrogens is 508 g/mol. The molecule has 2 heterocycles. The molecule has 6 aliphatic rings. The van der Waals surface area contributed by atoms with Gasteiger partial charge < -0.3 is 44.5 Å². The van der Waals surface area contributed by atoms with Gasteiger partial charge in [0.15, 0.2) is 6.29 Å². The molecule has 0 bridgehead atoms. The van der Waals surface area contributed by atoms with E-state index in [1.807, 2.05) is 6.92 Å². The predicted octanol–water partition coefficient (Wildman–Crippen LogP) is 0.606. The summed E-state index contributed by atoms with van der Waals surface area (Å²) in [4.78, 5) is 24.7. The topological polar surface area (TPSA) is 163 Å². The summed E-state index contributed by atoms with van der Waals surface area (Å²) < 4.78 is 16.9. The van der Waals surface area contributed by atoms with Crippen LogP contribution < -0.4 is 0 Å². The maximum atomic E-state index is 12.9. The molecule has 0 aromatic rings. The fourth-order valence-electron chi connectivity index (χ4n) is 9.72. The first-order valence-electron chi connectivity index (χ1n) is 14.6. The Balaban J connectivity index is 1.22. The van der Waals surface area contributed by atoms with Crippen LogP contribution in [-0.4, -0.2) is 92.9 Å². The predicted molar refractivity (Wildman–Crippen MR) is 135 cm³/mol. The molecule has 10 nitrogen and oxygen atoms in total. The van der Waals surface area contributed by atoms with Crippen LogP contribution in [0.25, 0.3) is 0 Å². The van der Waals surface area contributed by atoms with Gasteiger partial charge >= 0.3 is 5.97 Å². The maximum absolute atomic E-state index is 12.9. The fraction of sp³-hybridized carbons (Fsp3) is 0.862. The van der Waals surface area contributed by atoms with Crippen LogP contribution >= 0.6 is 0 Å². The van der Waals surface area contributed by atoms with Gasteiger partial charge in [-0.15, -0.1) is 0 Å². The third-order valence-electron chi connectivity index (χ3n) is 11.9. The smallest absolute Gasteiger partial charge is 0.331 e. The molecule has 39 heavy (non-hydrogen) atoms. The Morgan fingerprint density at radius 3 is 2.46 bits per heavy atom. The van der Waals surface area contributed by atoms with E-state index in [0.717, 1.165) is 24.7 Å². The third kappa shape index (κ3) is 3.86. The summed E-state index contributed by atoms with van der Waals surface area (Å²) >= 11 is 0. The molecule has 14 atom stereocenters. The summed E-state index contributed by atoms with van der Waals surface area (Å²) in [6, 6.07) is 0. The van der Waals surface area contributed by atoms with Gasteiger partial charge in [0.2, 0.25) is 0 Å². The number of hydrogen-bond acceptors (Lipinski definition) is 10. The third-order valence-corrected chi connectivity index (χ3v) is 11.9. The Kier molecular flexibility index (Phi) is 6.81. The summed E-state index contributed by atoms with van der Waals surface area (Å²) in [6.07, 6.45) is 0.412. The highest BCUT2D eigenvalue weighted by Crippen LogP contribution is 2.69. The molecule has 1 saturated heterocycles. The minimum atomic E-state index is -1.38. The van der Waals surface area contributed by atoms with Crippen molar-refractivity contribution >= 4 is 12.3 Å². The van der Waals surface area contributed by atoms with E-state index in [0.29, 0.717) is 38.5 Å². The summed E-state index contributed by atoms with van der Waals surface area (Å²) in [5.41, 5.74) is -1.85. The van der Waals surface area contributed by atoms with Crippen molar-refractivity contribution in [3.8, 4) is 0 Å². The van der Waals surface area contributed by atoms with Crippen molar-refractivity contribution in [2.75, 3.05) is 6.61 Å². The average molecular weight is 551 g/mol. The minimum absolute atomic E-state index is 0.00964. The molecular formula is C29H42O10. The Hall–Kier alpha value is -1.40. The lowest BCUT2D eigenvalue weighted by atomic mass is 9.42. The Morgan fingerprint density at radius 1 is 1.00 bits per heavy atom. The first kappa shape index (κ1) is 27.8. The van der Waals surface area contributed by atoms with Crippen LogP contribution in [0.4, 0.5) is 0 Å². The lowest BCUT2D eigenvalue weighted by Crippen LogP contribution is -2.67. The van der Waals surface area contributed by atoms with Gasteiger partial charge in [-0.1, -0.05) is 6.92 Å². The summed E-state index contributed by atoms with van der Waals surface area (Å²) in [7, 11) is 0. The van der Waals surface area contributed by atoms with Crippen LogP contribution in [0.15, 0.2) is 11.6 Å². The second-order valence-electron chi connectivity index (χ2n) is 13.3. The van der Waals surface area contributed by atoms with Crippen molar-refractivity contribution in [1.29, 1.82) is 0 Å². The van der Waals surface area contributed by atoms with Crippen molar-refractivity contribution < 1.29 is 49.3 Å². The first-order valence-corrected chi connectivity index (χ1v) is 14.6. The van der Waals surface area contributed by atoms with E-state index >= 15 is 0 Å². The molecule has 6 rings (SSSR count). The second kappa shape index (κ2) is 9.58. The van der Waals surface area contributed by atoms with Crippen LogP contribution in [-0.2, 0) is 23.8 Å². The standard InChI is InChI=1S/C29H42O10/c1-14-23(33)24(34)25(35)26(38-14)39-17-5-7-28(13-30)16(10-17)3-4-19-20(28)11-21(31)27(2)18(6-8-29(19,27)36)15-9-22(32)37-12-15/h9,13-14,16-21,23-26,31,33-36H,3-8,10-12H2,1-2H3. The van der Waals surface area contributed by atoms with Crippen LogP contribution in [0, 0.1) is 34.5 Å². The molecule has 0 aromatic carbocycles. The van der Waals surface area contributed by atoms with Gasteiger partial charge in [0.1, 0.15) is 31.2 Å². The van der Waals surface area contributed by atoms with E-state index < -0.39 is 53.2 Å². The van der Waals surface area contributed by atoms with Crippen molar-refractivity contribution in [3.63, 3.8) is 0 Å². The zero-order valence-electron chi connectivity index (χ0n) is 22.6. The normalized spacial score (nSPS) is 55.2. The Bertz CT molecular complexity index is 1030. The Labute approximate surface area is 228 Å². The number of ether oxygens (including phenoxy) is 3. The highest BCUT2D eigenvalue weighted by atomic mass is 16.7. The molecule has 4 saturated carbocycles. The summed E-state index contributed by atoms with van der Waals surface area (Å²) in [5, 5.41) is 54.6. The molecule has 0 spiro atoms. The van der Waals surface area contributed by atoms with Gasteiger partial charge in [-0.3, -0.25) is 0 Å². The van der Waals surface area contributed by atoms with Crippen molar-refractivity contribution in [2.45, 2.75) is 114 Å². The van der Waals surface area contributed by atoms with Gasteiger partial charge in [0.25, 0.3) is 0 Å². The lowest BCUT2D eigenvalue weighted by Gasteiger charge is -2.64. The number of fused-ring (bicyclic) bond motifs is 5. The van der Waals surface area contributed by atoms with E-state index in [1.165, 1.54) is 6.08 Å². The number of carbonyl (C=O) groups excluding carboxylic acids is 2. The molecule has 10 heteroatoms. The van der Waals surface area contributed by atoms with E-state index in [1.54, 1.807) is 6.92 Å². The zero-order valence-corrected chi connectivity index (χ0v) is 22.6. The summed E-state index contributed by atoms with van der Waals surface area (Å²) in [5.74, 6) is -0.862. The van der Waals surface area contributed by atoms with Crippen LogP contribution in [0.1, 0.15) is 65.2 Å². The molecule has 14 unspecified atom stereocenters. The molecule has 218 valence electrons. The highest BCUT2D eigenvalue weighted by Gasteiger charge is 2.71. The van der Waals surface area contributed by atoms with Crippen LogP contribution in [0.2, 0.25) is 0 Å². The van der Waals surface area contributed by atoms with Crippen LogP contribution in [0.5, 0.6) is 0 Å². The Morgan fingerprint density at radius 2 is 1.77 bits per heavy atom. The van der Waals surface area contributed by atoms with Crippen molar-refractivity contribution in [3.05, 3.63) is 11.6 Å². The van der Waals surface area contributed by atoms with Crippen molar-refractivity contribution in [1.82, 2.24) is 0 Å². The van der Waals surface area contributed by atoms with Gasteiger partial charge in [0, 0.05) is 16.9 Å². The molecule has 0 radical (unpaired) electrons. The van der Waals surface area contributed by atoms with Crippen LogP contribution in [0.3, 0.4) is 0 Å². The number of aliphatic hydroxyl groups is 5. The van der Waals surface area contributed by atoms with Gasteiger partial charge in [-0.05, 0) is 87.5 Å². The lowest BCUT2D eigenvalue weighted by molar-refractivity contribution is -0.310. The van der Waals surface area contributed by atoms with E-state index in [2.05, 4.69) is 0 Å². The molecule has 0 aromatic heterocycles. The van der Waals surface area contributed by atoms with Gasteiger partial charge in [0.05, 0.1) is 23.9 Å². The largest absolute Gasteiger partial charge is 0.458 e. The van der Waals surface area contributed by atoms with E-state index in [9.17, 15) is 35.1 Å². The van der Waals surface area contributed by atoms with E-state index in [-0.39, 0.29) is 42.4 Å². The monoisotopic (exact) mass is 550 g/mol. The molecule has 5 fully saturated rings. The number of hydrogen-bond donors (Lipinski definition) is 5. The van der Waals surface area contributed by atoms with Crippen molar-refractivity contribution in [2.24, 2.45) is 34.5 Å². The number of carbonyl (C=O) groups is 2. The number of cyclic esters (lactones) is 1. The highest BCUT2D eigenvalue weighted by molar-refractivity contribution is 5.85. The second-order valence-corrected chi connectivity index (χ2v) is 13.3. The number of rotatable bonds is 4. The number of aldehydes is 1. The first-order chi connectivity index (χ1) is 18.5. The molecule has 2 aliphatic heterocycles. The summed E-state index contributed by atoms with van der Waals surface area (Å²) in [6.45, 7) is 3.76. The molecule has 4 aliphatic carbocycles. The maximum Gasteiger partial charge on any atom is 0.331 e. The van der Waals surface area contributed by atoms with Gasteiger partial charge in [-0.25, -0.2) is 4.79 Å². The average Bonchev–Trinajstić information content (AvgIpc) is 3.47. The SMILES string of the molecule is CC1OC(OC2CCC3(C=O)C(CCC4C3CC(O)C3(C)C(C5=CC(=O)OC5)CCC43O)C2)C(O)C(O)C1O. The number of aliphatic hydroxyl groups excluding tert-OH is 4. The zero-order chi connectivity index (χ0) is 27.9.